The van der Waals surface area contributed by atoms with Gasteiger partial charge in [-0.25, -0.2) is 0 Å². The number of rotatable bonds is 8. The molecule has 0 radical (unpaired) electrons. The highest BCUT2D eigenvalue weighted by atomic mass is 16.5. The molecule has 0 unspecified atom stereocenters. The van der Waals surface area contributed by atoms with Crippen LogP contribution in [0, 0.1) is 5.92 Å². The Morgan fingerprint density at radius 2 is 1.56 bits per heavy atom. The van der Waals surface area contributed by atoms with Crippen molar-refractivity contribution in [1.29, 1.82) is 0 Å². The number of amides is 1. The van der Waals surface area contributed by atoms with Crippen LogP contribution >= 0.6 is 0 Å². The minimum atomic E-state index is -0.0950. The molecule has 0 aliphatic carbocycles. The molecule has 0 aromatic heterocycles. The molecule has 2 aromatic carbocycles. The van der Waals surface area contributed by atoms with Gasteiger partial charge >= 0.3 is 0 Å². The Bertz CT molecular complexity index is 647. The van der Waals surface area contributed by atoms with Crippen molar-refractivity contribution in [1.82, 2.24) is 5.32 Å². The molecular weight excluding hydrogens is 310 g/mol. The van der Waals surface area contributed by atoms with Gasteiger partial charge in [-0.3, -0.25) is 4.79 Å². The first-order valence-electron chi connectivity index (χ1n) is 9.02. The predicted octanol–water partition coefficient (Wildman–Crippen LogP) is 5.09. The van der Waals surface area contributed by atoms with Gasteiger partial charge in [0.1, 0.15) is 5.75 Å². The summed E-state index contributed by atoms with van der Waals surface area (Å²) >= 11 is 0. The third kappa shape index (κ3) is 6.26. The van der Waals surface area contributed by atoms with E-state index in [0.717, 1.165) is 17.7 Å². The first-order valence-corrected chi connectivity index (χ1v) is 9.02. The normalized spacial score (nSPS) is 12.2. The van der Waals surface area contributed by atoms with Crippen LogP contribution in [0.15, 0.2) is 54.6 Å². The second-order valence-corrected chi connectivity index (χ2v) is 7.17. The summed E-state index contributed by atoms with van der Waals surface area (Å²) in [6.07, 6.45) is 0.902. The first-order chi connectivity index (χ1) is 12.0. The lowest BCUT2D eigenvalue weighted by Crippen LogP contribution is -2.33. The Kier molecular flexibility index (Phi) is 7.05. The first kappa shape index (κ1) is 19.0. The fraction of sp³-hybridized carbons (Fsp3) is 0.409. The van der Waals surface area contributed by atoms with Gasteiger partial charge < -0.3 is 10.1 Å². The number of carbonyl (C=O) groups excluding carboxylic acids is 1. The van der Waals surface area contributed by atoms with Crippen molar-refractivity contribution in [3.63, 3.8) is 0 Å². The molecule has 0 heterocycles. The van der Waals surface area contributed by atoms with Crippen molar-refractivity contribution >= 4 is 5.91 Å². The molecule has 3 heteroatoms. The summed E-state index contributed by atoms with van der Waals surface area (Å²) < 4.78 is 5.63. The molecule has 134 valence electrons. The van der Waals surface area contributed by atoms with Crippen LogP contribution in [0.1, 0.15) is 57.2 Å². The third-order valence-electron chi connectivity index (χ3n) is 4.16. The van der Waals surface area contributed by atoms with Gasteiger partial charge in [0.2, 0.25) is 0 Å². The summed E-state index contributed by atoms with van der Waals surface area (Å²) in [7, 11) is 0. The Morgan fingerprint density at radius 3 is 2.12 bits per heavy atom. The fourth-order valence-corrected chi connectivity index (χ4v) is 2.77. The average Bonchev–Trinajstić information content (AvgIpc) is 2.60. The van der Waals surface area contributed by atoms with Gasteiger partial charge in [-0.15, -0.1) is 0 Å². The van der Waals surface area contributed by atoms with Crippen molar-refractivity contribution in [2.75, 3.05) is 6.61 Å². The molecule has 1 atom stereocenters. The number of carbonyl (C=O) groups is 1. The smallest absolute Gasteiger partial charge is 0.258 e. The topological polar surface area (TPSA) is 38.3 Å². The molecule has 1 N–H and O–H groups in total. The van der Waals surface area contributed by atoms with E-state index < -0.39 is 0 Å². The van der Waals surface area contributed by atoms with Crippen LogP contribution in [0.25, 0.3) is 0 Å². The van der Waals surface area contributed by atoms with Crippen LogP contribution < -0.4 is 10.1 Å². The summed E-state index contributed by atoms with van der Waals surface area (Å²) in [5, 5.41) is 3.10. The zero-order valence-corrected chi connectivity index (χ0v) is 15.7. The summed E-state index contributed by atoms with van der Waals surface area (Å²) in [5.74, 6) is 1.61. The van der Waals surface area contributed by atoms with Gasteiger partial charge in [0.05, 0.1) is 6.04 Å². The number of ether oxygens (including phenoxy) is 1. The summed E-state index contributed by atoms with van der Waals surface area (Å²) in [6.45, 7) is 8.66. The molecule has 0 saturated carbocycles. The van der Waals surface area contributed by atoms with Crippen LogP contribution in [0.2, 0.25) is 0 Å². The molecule has 0 saturated heterocycles. The van der Waals surface area contributed by atoms with Crippen molar-refractivity contribution in [3.05, 3.63) is 65.7 Å². The zero-order chi connectivity index (χ0) is 18.2. The van der Waals surface area contributed by atoms with E-state index in [-0.39, 0.29) is 18.6 Å². The van der Waals surface area contributed by atoms with Crippen LogP contribution in [-0.4, -0.2) is 12.5 Å². The predicted molar refractivity (Wildman–Crippen MR) is 103 cm³/mol. The number of benzene rings is 2. The second-order valence-electron chi connectivity index (χ2n) is 7.17. The molecule has 3 nitrogen and oxygen atoms in total. The number of hydrogen-bond acceptors (Lipinski definition) is 2. The Balaban J connectivity index is 1.92. The standard InChI is InChI=1S/C22H29NO2/c1-16(2)14-21(19-8-6-5-7-9-19)23-22(24)15-25-20-12-10-18(11-13-20)17(3)4/h5-13,16-17,21H,14-15H2,1-4H3,(H,23,24)/t21-/m1/s1. The van der Waals surface area contributed by atoms with Crippen LogP contribution in [0.4, 0.5) is 0 Å². The molecule has 0 spiro atoms. The van der Waals surface area contributed by atoms with E-state index in [2.05, 4.69) is 45.1 Å². The highest BCUT2D eigenvalue weighted by molar-refractivity contribution is 5.78. The lowest BCUT2D eigenvalue weighted by molar-refractivity contribution is -0.124. The minimum Gasteiger partial charge on any atom is -0.484 e. The van der Waals surface area contributed by atoms with Crippen LogP contribution in [-0.2, 0) is 4.79 Å². The molecule has 0 fully saturated rings. The molecule has 25 heavy (non-hydrogen) atoms. The van der Waals surface area contributed by atoms with Gasteiger partial charge in [-0.1, -0.05) is 70.2 Å². The lowest BCUT2D eigenvalue weighted by Gasteiger charge is -2.21. The average molecular weight is 339 g/mol. The van der Waals surface area contributed by atoms with Gasteiger partial charge in [-0.05, 0) is 41.5 Å². The molecule has 2 aromatic rings. The largest absolute Gasteiger partial charge is 0.484 e. The van der Waals surface area contributed by atoms with Crippen molar-refractivity contribution < 1.29 is 9.53 Å². The van der Waals surface area contributed by atoms with E-state index in [4.69, 9.17) is 4.74 Å². The fourth-order valence-electron chi connectivity index (χ4n) is 2.77. The monoisotopic (exact) mass is 339 g/mol. The van der Waals surface area contributed by atoms with Crippen molar-refractivity contribution in [2.24, 2.45) is 5.92 Å². The maximum Gasteiger partial charge on any atom is 0.258 e. The van der Waals surface area contributed by atoms with Crippen LogP contribution in [0.5, 0.6) is 5.75 Å². The Labute approximate surface area is 151 Å². The Morgan fingerprint density at radius 1 is 0.920 bits per heavy atom. The molecular formula is C22H29NO2. The Hall–Kier alpha value is -2.29. The van der Waals surface area contributed by atoms with Gasteiger partial charge in [0.15, 0.2) is 6.61 Å². The van der Waals surface area contributed by atoms with E-state index in [0.29, 0.717) is 11.8 Å². The molecule has 1 amide bonds. The SMILES string of the molecule is CC(C)C[C@@H](NC(=O)COc1ccc(C(C)C)cc1)c1ccccc1. The summed E-state index contributed by atoms with van der Waals surface area (Å²) in [6, 6.07) is 18.0. The second kappa shape index (κ2) is 9.26. The number of nitrogens with one attached hydrogen (secondary N) is 1. The van der Waals surface area contributed by atoms with E-state index in [1.807, 2.05) is 42.5 Å². The highest BCUT2D eigenvalue weighted by Gasteiger charge is 2.16. The maximum atomic E-state index is 12.3. The molecule has 0 aliphatic heterocycles. The maximum absolute atomic E-state index is 12.3. The van der Waals surface area contributed by atoms with Crippen molar-refractivity contribution in [3.8, 4) is 5.75 Å². The van der Waals surface area contributed by atoms with E-state index in [1.165, 1.54) is 5.56 Å². The van der Waals surface area contributed by atoms with E-state index in [1.54, 1.807) is 0 Å². The molecule has 0 bridgehead atoms. The van der Waals surface area contributed by atoms with Crippen LogP contribution in [0.3, 0.4) is 0 Å². The summed E-state index contributed by atoms with van der Waals surface area (Å²) in [4.78, 5) is 12.3. The van der Waals surface area contributed by atoms with Gasteiger partial charge in [-0.2, -0.15) is 0 Å². The van der Waals surface area contributed by atoms with Crippen molar-refractivity contribution in [2.45, 2.75) is 46.1 Å². The van der Waals surface area contributed by atoms with Gasteiger partial charge in [0, 0.05) is 0 Å². The number of hydrogen-bond donors (Lipinski definition) is 1. The van der Waals surface area contributed by atoms with E-state index in [9.17, 15) is 4.79 Å². The van der Waals surface area contributed by atoms with E-state index >= 15 is 0 Å². The zero-order valence-electron chi connectivity index (χ0n) is 15.7. The van der Waals surface area contributed by atoms with Gasteiger partial charge in [0.25, 0.3) is 5.91 Å². The molecule has 0 aliphatic rings. The quantitative estimate of drug-likeness (QED) is 0.727. The lowest BCUT2D eigenvalue weighted by atomic mass is 9.97. The minimum absolute atomic E-state index is 0.0145. The highest BCUT2D eigenvalue weighted by Crippen LogP contribution is 2.21. The summed E-state index contributed by atoms with van der Waals surface area (Å²) in [5.41, 5.74) is 2.39. The third-order valence-corrected chi connectivity index (χ3v) is 4.16. The molecule has 2 rings (SSSR count).